The van der Waals surface area contributed by atoms with Gasteiger partial charge in [0.2, 0.25) is 0 Å². The van der Waals surface area contributed by atoms with E-state index in [1.807, 2.05) is 17.5 Å². The predicted molar refractivity (Wildman–Crippen MR) is 221 cm³/mol. The van der Waals surface area contributed by atoms with Gasteiger partial charge in [0.1, 0.15) is 0 Å². The Morgan fingerprint density at radius 3 is 1.81 bits per heavy atom. The molecule has 0 N–H and O–H groups in total. The summed E-state index contributed by atoms with van der Waals surface area (Å²) in [4.78, 5) is 5.06. The maximum absolute atomic E-state index is 5.06. The molecule has 0 fully saturated rings. The van der Waals surface area contributed by atoms with Crippen LogP contribution in [0.4, 0.5) is 0 Å². The quantitative estimate of drug-likeness (QED) is 0.181. The highest BCUT2D eigenvalue weighted by atomic mass is 32.1. The molecule has 0 saturated carbocycles. The zero-order chi connectivity index (χ0) is 34.3. The van der Waals surface area contributed by atoms with Gasteiger partial charge in [-0.2, -0.15) is 0 Å². The molecule has 0 aliphatic carbocycles. The summed E-state index contributed by atoms with van der Waals surface area (Å²) in [5.74, 6) is 0. The summed E-state index contributed by atoms with van der Waals surface area (Å²) in [6, 6.07) is 59.6. The van der Waals surface area contributed by atoms with Crippen molar-refractivity contribution in [2.75, 3.05) is 0 Å². The first kappa shape index (κ1) is 29.3. The zero-order valence-corrected chi connectivity index (χ0v) is 29.2. The van der Waals surface area contributed by atoms with E-state index < -0.39 is 0 Å². The monoisotopic (exact) mass is 681 g/mol. The summed E-state index contributed by atoms with van der Waals surface area (Å²) in [6.07, 6.45) is 1.97. The van der Waals surface area contributed by atoms with Crippen molar-refractivity contribution < 1.29 is 0 Å². The Labute approximate surface area is 304 Å². The van der Waals surface area contributed by atoms with Crippen molar-refractivity contribution in [3.8, 4) is 33.8 Å². The van der Waals surface area contributed by atoms with Gasteiger partial charge in [0, 0.05) is 60.0 Å². The largest absolute Gasteiger partial charge is 0.309 e. The molecule has 0 aliphatic heterocycles. The smallest absolute Gasteiger partial charge is 0.0886 e. The van der Waals surface area contributed by atoms with Gasteiger partial charge in [-0.05, 0) is 72.6 Å². The first-order chi connectivity index (χ1) is 25.7. The van der Waals surface area contributed by atoms with Crippen LogP contribution in [0.15, 0.2) is 170 Å². The van der Waals surface area contributed by atoms with Crippen molar-refractivity contribution in [2.24, 2.45) is 0 Å². The number of rotatable bonds is 4. The van der Waals surface area contributed by atoms with Gasteiger partial charge < -0.3 is 9.13 Å². The van der Waals surface area contributed by atoms with Crippen LogP contribution in [0.3, 0.4) is 0 Å². The van der Waals surface area contributed by atoms with E-state index >= 15 is 0 Å². The summed E-state index contributed by atoms with van der Waals surface area (Å²) in [5, 5.41) is 7.54. The third-order valence-electron chi connectivity index (χ3n) is 10.7. The second kappa shape index (κ2) is 11.3. The summed E-state index contributed by atoms with van der Waals surface area (Å²) >= 11 is 1.83. The molecule has 0 bridgehead atoms. The highest BCUT2D eigenvalue weighted by Crippen LogP contribution is 2.45. The van der Waals surface area contributed by atoms with Gasteiger partial charge in [0.05, 0.1) is 38.1 Å². The molecule has 11 aromatic rings. The fourth-order valence-corrected chi connectivity index (χ4v) is 9.70. The Morgan fingerprint density at radius 2 is 1.06 bits per heavy atom. The maximum atomic E-state index is 5.06. The number of nitrogens with zero attached hydrogens (tertiary/aromatic N) is 3. The van der Waals surface area contributed by atoms with Crippen LogP contribution in [-0.2, 0) is 0 Å². The van der Waals surface area contributed by atoms with Crippen LogP contribution in [0.5, 0.6) is 0 Å². The Bertz CT molecular complexity index is 3160. The lowest BCUT2D eigenvalue weighted by molar-refractivity contribution is 1.16. The minimum Gasteiger partial charge on any atom is -0.309 e. The molecule has 3 nitrogen and oxygen atoms in total. The van der Waals surface area contributed by atoms with Crippen LogP contribution in [0.2, 0.25) is 0 Å². The maximum Gasteiger partial charge on any atom is 0.0886 e. The summed E-state index contributed by atoms with van der Waals surface area (Å²) in [7, 11) is 0. The molecule has 4 heteroatoms. The highest BCUT2D eigenvalue weighted by Gasteiger charge is 2.22. The predicted octanol–water partition coefficient (Wildman–Crippen LogP) is 13.3. The van der Waals surface area contributed by atoms with Gasteiger partial charge in [-0.1, -0.05) is 109 Å². The van der Waals surface area contributed by atoms with Gasteiger partial charge in [-0.3, -0.25) is 4.98 Å². The average molecular weight is 682 g/mol. The normalized spacial score (nSPS) is 11.9. The Morgan fingerprint density at radius 1 is 0.462 bits per heavy atom. The number of pyridine rings is 1. The van der Waals surface area contributed by atoms with Gasteiger partial charge >= 0.3 is 0 Å². The number of aromatic nitrogens is 3. The first-order valence-corrected chi connectivity index (χ1v) is 18.5. The minimum atomic E-state index is 1.03. The van der Waals surface area contributed by atoms with Gasteiger partial charge in [-0.15, -0.1) is 11.3 Å². The molecule has 0 radical (unpaired) electrons. The number of fused-ring (bicyclic) bond motifs is 9. The van der Waals surface area contributed by atoms with Gasteiger partial charge in [0.15, 0.2) is 0 Å². The fraction of sp³-hybridized carbons (Fsp3) is 0.0208. The summed E-state index contributed by atoms with van der Waals surface area (Å²) < 4.78 is 7.38. The summed E-state index contributed by atoms with van der Waals surface area (Å²) in [5.41, 5.74) is 12.9. The van der Waals surface area contributed by atoms with E-state index in [2.05, 4.69) is 180 Å². The van der Waals surface area contributed by atoms with Crippen LogP contribution in [0, 0.1) is 6.92 Å². The topological polar surface area (TPSA) is 22.8 Å². The molecule has 0 atom stereocenters. The van der Waals surface area contributed by atoms with Crippen LogP contribution in [0.1, 0.15) is 5.56 Å². The molecule has 244 valence electrons. The molecule has 4 heterocycles. The molecule has 4 aromatic heterocycles. The lowest BCUT2D eigenvalue weighted by Gasteiger charge is -2.19. The van der Waals surface area contributed by atoms with Crippen LogP contribution >= 0.6 is 11.3 Å². The minimum absolute atomic E-state index is 1.03. The number of aryl methyl sites for hydroxylation is 1. The fourth-order valence-electron chi connectivity index (χ4n) is 8.50. The van der Waals surface area contributed by atoms with Crippen molar-refractivity contribution in [1.82, 2.24) is 14.1 Å². The van der Waals surface area contributed by atoms with E-state index in [4.69, 9.17) is 4.98 Å². The van der Waals surface area contributed by atoms with E-state index in [9.17, 15) is 0 Å². The van der Waals surface area contributed by atoms with E-state index in [0.29, 0.717) is 0 Å². The second-order valence-corrected chi connectivity index (χ2v) is 14.6. The van der Waals surface area contributed by atoms with E-state index in [-0.39, 0.29) is 0 Å². The molecule has 52 heavy (non-hydrogen) atoms. The number of thiophene rings is 1. The number of hydrogen-bond acceptors (Lipinski definition) is 2. The molecule has 0 unspecified atom stereocenters. The summed E-state index contributed by atoms with van der Waals surface area (Å²) in [6.45, 7) is 2.23. The molecule has 0 saturated heterocycles. The van der Waals surface area contributed by atoms with Crippen LogP contribution in [-0.4, -0.2) is 14.1 Å². The Balaban J connectivity index is 1.17. The van der Waals surface area contributed by atoms with Crippen molar-refractivity contribution in [2.45, 2.75) is 6.92 Å². The lowest BCUT2D eigenvalue weighted by atomic mass is 9.92. The van der Waals surface area contributed by atoms with Crippen LogP contribution in [0.25, 0.3) is 97.5 Å². The Kier molecular flexibility index (Phi) is 6.34. The number of benzene rings is 7. The molecule has 11 rings (SSSR count). The van der Waals surface area contributed by atoms with E-state index in [1.54, 1.807) is 0 Å². The third-order valence-corrected chi connectivity index (χ3v) is 11.9. The lowest BCUT2D eigenvalue weighted by Crippen LogP contribution is -2.00. The molecule has 0 spiro atoms. The van der Waals surface area contributed by atoms with E-state index in [1.165, 1.54) is 80.5 Å². The van der Waals surface area contributed by atoms with Gasteiger partial charge in [-0.25, -0.2) is 0 Å². The molecule has 7 aromatic carbocycles. The van der Waals surface area contributed by atoms with Crippen molar-refractivity contribution in [1.29, 1.82) is 0 Å². The van der Waals surface area contributed by atoms with Crippen molar-refractivity contribution in [3.05, 3.63) is 176 Å². The molecular formula is C48H31N3S. The van der Waals surface area contributed by atoms with Crippen molar-refractivity contribution >= 4 is 75.1 Å². The van der Waals surface area contributed by atoms with E-state index in [0.717, 1.165) is 22.6 Å². The molecular weight excluding hydrogens is 651 g/mol. The average Bonchev–Trinajstić information content (AvgIpc) is 3.85. The standard InChI is InChI=1S/C48H31N3S/c1-30-13-12-23-44(46(30)36-18-2-3-19-37(36)47-48-38(27-28-49-47)35-17-7-11-24-45(35)52-48)51-42-22-10-6-16-34(42)39-29-31(25-26-43(39)51)50-40-20-8-4-14-32(40)33-15-5-9-21-41(33)50/h2-29H,1H3. The second-order valence-electron chi connectivity index (χ2n) is 13.6. The molecule has 0 aliphatic rings. The Hall–Kier alpha value is -6.49. The number of para-hydroxylation sites is 3. The highest BCUT2D eigenvalue weighted by molar-refractivity contribution is 7.26. The van der Waals surface area contributed by atoms with Gasteiger partial charge in [0.25, 0.3) is 0 Å². The number of hydrogen-bond donors (Lipinski definition) is 0. The first-order valence-electron chi connectivity index (χ1n) is 17.7. The zero-order valence-electron chi connectivity index (χ0n) is 28.4. The SMILES string of the molecule is Cc1cccc(-n2c3ccccc3c3cc(-n4c5ccccc5c5ccccc54)ccc32)c1-c1ccccc1-c1nccc2c1sc1ccccc12. The molecule has 0 amide bonds. The third kappa shape index (κ3) is 4.16. The van der Waals surface area contributed by atoms with Crippen LogP contribution < -0.4 is 0 Å². The van der Waals surface area contributed by atoms with Crippen molar-refractivity contribution in [3.63, 3.8) is 0 Å².